The lowest BCUT2D eigenvalue weighted by Crippen LogP contribution is -2.30. The molecule has 3 aromatic rings. The third-order valence-electron chi connectivity index (χ3n) is 4.01. The minimum atomic E-state index is -0.130. The molecule has 1 atom stereocenters. The average Bonchev–Trinajstić information content (AvgIpc) is 3.22. The number of thiophene rings is 1. The molecule has 2 aromatic heterocycles. The molecular weight excluding hydrogens is 388 g/mol. The van der Waals surface area contributed by atoms with Gasteiger partial charge in [0.2, 0.25) is 0 Å². The minimum absolute atomic E-state index is 0.00656. The van der Waals surface area contributed by atoms with Crippen LogP contribution in [0.4, 0.5) is 0 Å². The molecule has 124 valence electrons. The van der Waals surface area contributed by atoms with Crippen LogP contribution in [0.3, 0.4) is 0 Å². The van der Waals surface area contributed by atoms with Gasteiger partial charge in [-0.15, -0.1) is 16.4 Å². The molecule has 5 nitrogen and oxygen atoms in total. The van der Waals surface area contributed by atoms with Gasteiger partial charge in [-0.05, 0) is 43.5 Å². The predicted molar refractivity (Wildman–Crippen MR) is 98.6 cm³/mol. The van der Waals surface area contributed by atoms with Crippen LogP contribution in [0, 0.1) is 6.92 Å². The molecule has 2 heterocycles. The van der Waals surface area contributed by atoms with Crippen molar-refractivity contribution >= 4 is 33.2 Å². The third-order valence-corrected chi connectivity index (χ3v) is 5.54. The quantitative estimate of drug-likeness (QED) is 0.653. The van der Waals surface area contributed by atoms with Gasteiger partial charge in [0.15, 0.2) is 5.69 Å². The molecule has 0 saturated carbocycles. The summed E-state index contributed by atoms with van der Waals surface area (Å²) in [7, 11) is 1.80. The third kappa shape index (κ3) is 3.14. The Morgan fingerprint density at radius 1 is 1.33 bits per heavy atom. The van der Waals surface area contributed by atoms with Crippen molar-refractivity contribution in [2.75, 3.05) is 7.05 Å². The van der Waals surface area contributed by atoms with E-state index in [1.54, 1.807) is 28.0 Å². The van der Waals surface area contributed by atoms with Gasteiger partial charge >= 0.3 is 0 Å². The van der Waals surface area contributed by atoms with E-state index in [9.17, 15) is 4.79 Å². The van der Waals surface area contributed by atoms with Gasteiger partial charge in [-0.2, -0.15) is 0 Å². The lowest BCUT2D eigenvalue weighted by Gasteiger charge is -2.23. The van der Waals surface area contributed by atoms with E-state index in [-0.39, 0.29) is 11.9 Å². The van der Waals surface area contributed by atoms with Gasteiger partial charge in [0.1, 0.15) is 0 Å². The number of halogens is 1. The zero-order valence-corrected chi connectivity index (χ0v) is 16.0. The zero-order valence-electron chi connectivity index (χ0n) is 13.6. The topological polar surface area (TPSA) is 51.0 Å². The highest BCUT2D eigenvalue weighted by Crippen LogP contribution is 2.25. The highest BCUT2D eigenvalue weighted by atomic mass is 79.9. The van der Waals surface area contributed by atoms with E-state index >= 15 is 0 Å². The van der Waals surface area contributed by atoms with E-state index in [0.717, 1.165) is 20.7 Å². The Balaban J connectivity index is 1.89. The normalized spacial score (nSPS) is 12.2. The van der Waals surface area contributed by atoms with Gasteiger partial charge in [0, 0.05) is 16.4 Å². The summed E-state index contributed by atoms with van der Waals surface area (Å²) in [5, 5.41) is 10.3. The molecule has 3 rings (SSSR count). The summed E-state index contributed by atoms with van der Waals surface area (Å²) in [5.41, 5.74) is 1.96. The SMILES string of the molecule is Cc1c(C(=O)N(C)C(C)c2cccs2)nnn1-c1cccc(Br)c1. The van der Waals surface area contributed by atoms with Crippen molar-refractivity contribution in [1.82, 2.24) is 19.9 Å². The number of amides is 1. The first-order valence-corrected chi connectivity index (χ1v) is 9.15. The van der Waals surface area contributed by atoms with Gasteiger partial charge in [-0.1, -0.05) is 33.3 Å². The molecule has 1 amide bonds. The first-order chi connectivity index (χ1) is 11.5. The van der Waals surface area contributed by atoms with Crippen LogP contribution in [0.1, 0.15) is 34.0 Å². The highest BCUT2D eigenvalue weighted by molar-refractivity contribution is 9.10. The minimum Gasteiger partial charge on any atom is -0.333 e. The van der Waals surface area contributed by atoms with Crippen molar-refractivity contribution in [1.29, 1.82) is 0 Å². The summed E-state index contributed by atoms with van der Waals surface area (Å²) < 4.78 is 2.63. The number of nitrogens with zero attached hydrogens (tertiary/aromatic N) is 4. The maximum atomic E-state index is 12.8. The lowest BCUT2D eigenvalue weighted by atomic mass is 10.2. The fourth-order valence-corrected chi connectivity index (χ4v) is 3.66. The number of hydrogen-bond donors (Lipinski definition) is 0. The van der Waals surface area contributed by atoms with Crippen LogP contribution >= 0.6 is 27.3 Å². The number of hydrogen-bond acceptors (Lipinski definition) is 4. The number of rotatable bonds is 4. The fraction of sp³-hybridized carbons (Fsp3) is 0.235. The Labute approximate surface area is 153 Å². The molecule has 0 N–H and O–H groups in total. The van der Waals surface area contributed by atoms with Gasteiger partial charge in [0.25, 0.3) is 5.91 Å². The molecule has 7 heteroatoms. The standard InChI is InChI=1S/C17H17BrN4OS/c1-11(15-8-5-9-24-15)21(3)17(23)16-12(2)22(20-19-16)14-7-4-6-13(18)10-14/h4-11H,1-3H3. The Morgan fingerprint density at radius 2 is 2.12 bits per heavy atom. The Kier molecular flexibility index (Phi) is 4.82. The molecule has 0 aliphatic rings. The lowest BCUT2D eigenvalue weighted by molar-refractivity contribution is 0.0738. The summed E-state index contributed by atoms with van der Waals surface area (Å²) in [6, 6.07) is 11.7. The molecule has 0 bridgehead atoms. The maximum Gasteiger partial charge on any atom is 0.276 e. The van der Waals surface area contributed by atoms with Crippen molar-refractivity contribution in [3.63, 3.8) is 0 Å². The second-order valence-corrected chi connectivity index (χ2v) is 7.42. The van der Waals surface area contributed by atoms with Gasteiger partial charge in [-0.25, -0.2) is 4.68 Å². The molecule has 24 heavy (non-hydrogen) atoms. The Hall–Kier alpha value is -1.99. The maximum absolute atomic E-state index is 12.8. The number of aromatic nitrogens is 3. The average molecular weight is 405 g/mol. The summed E-state index contributed by atoms with van der Waals surface area (Å²) in [6.45, 7) is 3.87. The molecule has 0 fully saturated rings. The molecule has 0 saturated heterocycles. The highest BCUT2D eigenvalue weighted by Gasteiger charge is 2.25. The fourth-order valence-electron chi connectivity index (χ4n) is 2.44. The molecule has 0 radical (unpaired) electrons. The smallest absolute Gasteiger partial charge is 0.276 e. The Bertz CT molecular complexity index is 859. The summed E-state index contributed by atoms with van der Waals surface area (Å²) >= 11 is 5.09. The first-order valence-electron chi connectivity index (χ1n) is 7.48. The van der Waals surface area contributed by atoms with Gasteiger partial charge in [-0.3, -0.25) is 4.79 Å². The molecule has 1 unspecified atom stereocenters. The van der Waals surface area contributed by atoms with Crippen LogP contribution in [0.5, 0.6) is 0 Å². The summed E-state index contributed by atoms with van der Waals surface area (Å²) in [6.07, 6.45) is 0. The van der Waals surface area contributed by atoms with Crippen molar-refractivity contribution in [2.24, 2.45) is 0 Å². The first kappa shape index (κ1) is 16.9. The predicted octanol–water partition coefficient (Wildman–Crippen LogP) is 4.23. The van der Waals surface area contributed by atoms with Crippen molar-refractivity contribution in [2.45, 2.75) is 19.9 Å². The second-order valence-electron chi connectivity index (χ2n) is 5.52. The van der Waals surface area contributed by atoms with Crippen LogP contribution in [0.2, 0.25) is 0 Å². The van der Waals surface area contributed by atoms with E-state index in [1.165, 1.54) is 0 Å². The van der Waals surface area contributed by atoms with E-state index in [1.807, 2.05) is 55.6 Å². The van der Waals surface area contributed by atoms with Crippen LogP contribution in [0.15, 0.2) is 46.3 Å². The van der Waals surface area contributed by atoms with Crippen LogP contribution < -0.4 is 0 Å². The number of benzene rings is 1. The number of carbonyl (C=O) groups excluding carboxylic acids is 1. The van der Waals surface area contributed by atoms with Crippen LogP contribution in [-0.2, 0) is 0 Å². The largest absolute Gasteiger partial charge is 0.333 e. The van der Waals surface area contributed by atoms with Crippen molar-refractivity contribution in [3.05, 3.63) is 62.5 Å². The van der Waals surface area contributed by atoms with Crippen LogP contribution in [0.25, 0.3) is 5.69 Å². The van der Waals surface area contributed by atoms with E-state index in [0.29, 0.717) is 5.69 Å². The molecular formula is C17H17BrN4OS. The van der Waals surface area contributed by atoms with Crippen LogP contribution in [-0.4, -0.2) is 32.8 Å². The van der Waals surface area contributed by atoms with E-state index < -0.39 is 0 Å². The molecule has 1 aromatic carbocycles. The monoisotopic (exact) mass is 404 g/mol. The van der Waals surface area contributed by atoms with Crippen molar-refractivity contribution in [3.8, 4) is 5.69 Å². The summed E-state index contributed by atoms with van der Waals surface area (Å²) in [4.78, 5) is 15.7. The Morgan fingerprint density at radius 3 is 2.79 bits per heavy atom. The molecule has 0 aliphatic heterocycles. The molecule has 0 spiro atoms. The van der Waals surface area contributed by atoms with E-state index in [2.05, 4.69) is 26.2 Å². The second kappa shape index (κ2) is 6.86. The molecule has 0 aliphatic carbocycles. The van der Waals surface area contributed by atoms with Gasteiger partial charge < -0.3 is 4.90 Å². The van der Waals surface area contributed by atoms with Crippen molar-refractivity contribution < 1.29 is 4.79 Å². The van der Waals surface area contributed by atoms with Gasteiger partial charge in [0.05, 0.1) is 17.4 Å². The summed E-state index contributed by atoms with van der Waals surface area (Å²) in [5.74, 6) is -0.130. The number of carbonyl (C=O) groups is 1. The van der Waals surface area contributed by atoms with E-state index in [4.69, 9.17) is 0 Å². The zero-order chi connectivity index (χ0) is 17.3.